The Labute approximate surface area is 241 Å². The maximum atomic E-state index is 14.7. The number of likely N-dealkylation sites (tertiary alicyclic amines) is 1. The molecule has 9 heteroatoms. The van der Waals surface area contributed by atoms with Gasteiger partial charge >= 0.3 is 5.97 Å². The molecule has 1 spiro atoms. The molecule has 0 radical (unpaired) electrons. The number of hydrogen-bond donors (Lipinski definition) is 1. The zero-order valence-electron chi connectivity index (χ0n) is 23.7. The number of benzene rings is 1. The van der Waals surface area contributed by atoms with Crippen molar-refractivity contribution in [2.75, 3.05) is 24.7 Å². The van der Waals surface area contributed by atoms with Crippen molar-refractivity contribution in [3.8, 4) is 0 Å². The zero-order chi connectivity index (χ0) is 29.2. The lowest BCUT2D eigenvalue weighted by Gasteiger charge is -2.40. The molecule has 0 saturated carbocycles. The minimum Gasteiger partial charge on any atom is -0.465 e. The Bertz CT molecular complexity index is 1140. The highest BCUT2D eigenvalue weighted by atomic mass is 35.5. The predicted octanol–water partition coefficient (Wildman–Crippen LogP) is 4.54. The van der Waals surface area contributed by atoms with Crippen molar-refractivity contribution in [3.63, 3.8) is 0 Å². The molecule has 3 aliphatic heterocycles. The van der Waals surface area contributed by atoms with Gasteiger partial charge in [-0.1, -0.05) is 44.5 Å². The first-order valence-electron chi connectivity index (χ1n) is 14.2. The number of aliphatic hydroxyl groups excluding tert-OH is 1. The summed E-state index contributed by atoms with van der Waals surface area (Å²) >= 11 is 6.12. The van der Waals surface area contributed by atoms with E-state index in [1.54, 1.807) is 41.3 Å². The van der Waals surface area contributed by atoms with Gasteiger partial charge in [-0.05, 0) is 62.3 Å². The highest BCUT2D eigenvalue weighted by Crippen LogP contribution is 2.65. The summed E-state index contributed by atoms with van der Waals surface area (Å²) in [6, 6.07) is 5.25. The van der Waals surface area contributed by atoms with Crippen LogP contribution in [0, 0.1) is 17.8 Å². The standard InChI is InChI=1S/C31H41ClN2O6/c1-6-9-17-39-29(38)25-24-27(36)34(23(19-35)18-20(4)5)26(31(24)15-14-30(25,8-3)40-31)28(37)33(16-7-2)22-12-10-21(32)11-13-22/h6-7,10-13,20,23-26,35H,1-2,8-9,14-19H2,3-5H3/t23-,24+,25-,26?,30+,31?/m1/s1. The average Bonchev–Trinajstić information content (AvgIpc) is 3.54. The van der Waals surface area contributed by atoms with E-state index in [4.69, 9.17) is 21.1 Å². The van der Waals surface area contributed by atoms with Gasteiger partial charge in [0.1, 0.15) is 17.6 Å². The first kappa shape index (κ1) is 30.3. The van der Waals surface area contributed by atoms with Gasteiger partial charge in [-0.25, -0.2) is 0 Å². The molecule has 1 N–H and O–H groups in total. The molecule has 2 amide bonds. The van der Waals surface area contributed by atoms with Crippen molar-refractivity contribution >= 4 is 35.1 Å². The number of aliphatic hydroxyl groups is 1. The van der Waals surface area contributed by atoms with E-state index in [1.165, 1.54) is 4.90 Å². The van der Waals surface area contributed by atoms with Gasteiger partial charge in [-0.2, -0.15) is 0 Å². The number of esters is 1. The van der Waals surface area contributed by atoms with Crippen LogP contribution in [-0.4, -0.2) is 70.8 Å². The number of fused-ring (bicyclic) bond motifs is 1. The van der Waals surface area contributed by atoms with Crippen molar-refractivity contribution in [2.45, 2.75) is 76.2 Å². The van der Waals surface area contributed by atoms with Crippen LogP contribution in [0.2, 0.25) is 5.02 Å². The van der Waals surface area contributed by atoms with Crippen LogP contribution in [-0.2, 0) is 23.9 Å². The molecule has 40 heavy (non-hydrogen) atoms. The Morgan fingerprint density at radius 3 is 2.52 bits per heavy atom. The van der Waals surface area contributed by atoms with Gasteiger partial charge < -0.3 is 24.4 Å². The summed E-state index contributed by atoms with van der Waals surface area (Å²) in [7, 11) is 0. The quantitative estimate of drug-likeness (QED) is 0.212. The van der Waals surface area contributed by atoms with Crippen molar-refractivity contribution in [1.82, 2.24) is 4.90 Å². The number of halogens is 1. The molecule has 1 aromatic rings. The van der Waals surface area contributed by atoms with Crippen molar-refractivity contribution in [2.24, 2.45) is 17.8 Å². The number of amides is 2. The van der Waals surface area contributed by atoms with Crippen LogP contribution >= 0.6 is 11.6 Å². The second-order valence-electron chi connectivity index (χ2n) is 11.5. The maximum Gasteiger partial charge on any atom is 0.312 e. The number of carbonyl (C=O) groups is 3. The van der Waals surface area contributed by atoms with E-state index in [1.807, 2.05) is 20.8 Å². The largest absolute Gasteiger partial charge is 0.465 e. The number of nitrogens with zero attached hydrogens (tertiary/aromatic N) is 2. The Morgan fingerprint density at radius 1 is 1.25 bits per heavy atom. The SMILES string of the molecule is C=CCCOC(=O)[C@H]1[C@H]2C(=O)N([C@@H](CO)CC(C)C)C(C(=O)N(CC=C)c3ccc(Cl)cc3)C23CC[C@]1(CC)O3. The van der Waals surface area contributed by atoms with E-state index in [0.717, 1.165) is 0 Å². The maximum absolute atomic E-state index is 14.7. The summed E-state index contributed by atoms with van der Waals surface area (Å²) in [5, 5.41) is 11.0. The van der Waals surface area contributed by atoms with Crippen molar-refractivity contribution in [1.29, 1.82) is 0 Å². The van der Waals surface area contributed by atoms with E-state index in [0.29, 0.717) is 42.8 Å². The van der Waals surface area contributed by atoms with Gasteiger partial charge in [0.25, 0.3) is 5.91 Å². The molecule has 3 saturated heterocycles. The Balaban J connectivity index is 1.84. The molecule has 0 aliphatic carbocycles. The Hall–Kier alpha value is -2.68. The van der Waals surface area contributed by atoms with Crippen molar-refractivity contribution in [3.05, 3.63) is 54.6 Å². The number of hydrogen-bond acceptors (Lipinski definition) is 6. The normalized spacial score (nSPS) is 29.4. The number of carbonyl (C=O) groups excluding carboxylic acids is 3. The van der Waals surface area contributed by atoms with Gasteiger partial charge in [0.2, 0.25) is 5.91 Å². The van der Waals surface area contributed by atoms with E-state index in [2.05, 4.69) is 13.2 Å². The molecule has 3 fully saturated rings. The number of rotatable bonds is 13. The molecular weight excluding hydrogens is 532 g/mol. The van der Waals surface area contributed by atoms with Crippen LogP contribution in [0.5, 0.6) is 0 Å². The summed E-state index contributed by atoms with van der Waals surface area (Å²) in [6.07, 6.45) is 5.76. The molecule has 6 atom stereocenters. The van der Waals surface area contributed by atoms with E-state index < -0.39 is 41.1 Å². The summed E-state index contributed by atoms with van der Waals surface area (Å²) in [6.45, 7) is 13.5. The molecule has 218 valence electrons. The van der Waals surface area contributed by atoms with Crippen LogP contribution in [0.1, 0.15) is 52.9 Å². The summed E-state index contributed by atoms with van der Waals surface area (Å²) < 4.78 is 12.4. The van der Waals surface area contributed by atoms with E-state index in [-0.39, 0.29) is 37.5 Å². The third-order valence-electron chi connectivity index (χ3n) is 8.74. The lowest BCUT2D eigenvalue weighted by Crippen LogP contribution is -2.59. The van der Waals surface area contributed by atoms with Gasteiger partial charge in [-0.3, -0.25) is 14.4 Å². The van der Waals surface area contributed by atoms with Crippen LogP contribution in [0.15, 0.2) is 49.6 Å². The molecule has 3 aliphatic rings. The zero-order valence-corrected chi connectivity index (χ0v) is 24.4. The second kappa shape index (κ2) is 12.0. The molecular formula is C31H41ClN2O6. The summed E-state index contributed by atoms with van der Waals surface area (Å²) in [5.41, 5.74) is -1.52. The molecule has 0 aromatic heterocycles. The van der Waals surface area contributed by atoms with Crippen LogP contribution in [0.25, 0.3) is 0 Å². The van der Waals surface area contributed by atoms with Gasteiger partial charge in [-0.15, -0.1) is 13.2 Å². The molecule has 3 heterocycles. The minimum atomic E-state index is -1.22. The van der Waals surface area contributed by atoms with Crippen LogP contribution in [0.4, 0.5) is 5.69 Å². The molecule has 1 aromatic carbocycles. The molecule has 4 rings (SSSR count). The topological polar surface area (TPSA) is 96.4 Å². The summed E-state index contributed by atoms with van der Waals surface area (Å²) in [4.78, 5) is 45.7. The third-order valence-corrected chi connectivity index (χ3v) is 8.99. The first-order chi connectivity index (χ1) is 19.1. The Morgan fingerprint density at radius 2 is 1.95 bits per heavy atom. The lowest BCUT2D eigenvalue weighted by molar-refractivity contribution is -0.162. The van der Waals surface area contributed by atoms with E-state index in [9.17, 15) is 19.5 Å². The van der Waals surface area contributed by atoms with Crippen LogP contribution in [0.3, 0.4) is 0 Å². The molecule has 2 bridgehead atoms. The highest BCUT2D eigenvalue weighted by Gasteiger charge is 2.79. The lowest BCUT2D eigenvalue weighted by atomic mass is 9.65. The second-order valence-corrected chi connectivity index (χ2v) is 11.9. The minimum absolute atomic E-state index is 0.151. The molecule has 2 unspecified atom stereocenters. The first-order valence-corrected chi connectivity index (χ1v) is 14.6. The average molecular weight is 573 g/mol. The van der Waals surface area contributed by atoms with Gasteiger partial charge in [0.15, 0.2) is 0 Å². The van der Waals surface area contributed by atoms with Crippen LogP contribution < -0.4 is 4.90 Å². The Kier molecular flexibility index (Phi) is 9.12. The molecule has 8 nitrogen and oxygen atoms in total. The smallest absolute Gasteiger partial charge is 0.312 e. The summed E-state index contributed by atoms with van der Waals surface area (Å²) in [5.74, 6) is -2.74. The van der Waals surface area contributed by atoms with Crippen molar-refractivity contribution < 1.29 is 29.0 Å². The fraction of sp³-hybridized carbons (Fsp3) is 0.581. The van der Waals surface area contributed by atoms with E-state index >= 15 is 0 Å². The number of ether oxygens (including phenoxy) is 2. The van der Waals surface area contributed by atoms with Gasteiger partial charge in [0.05, 0.1) is 30.8 Å². The fourth-order valence-corrected chi connectivity index (χ4v) is 7.19. The fourth-order valence-electron chi connectivity index (χ4n) is 7.06. The third kappa shape index (κ3) is 4.99. The highest BCUT2D eigenvalue weighted by molar-refractivity contribution is 6.30. The number of anilines is 1. The van der Waals surface area contributed by atoms with Gasteiger partial charge in [0, 0.05) is 17.3 Å². The monoisotopic (exact) mass is 572 g/mol. The predicted molar refractivity (Wildman–Crippen MR) is 154 cm³/mol.